The summed E-state index contributed by atoms with van der Waals surface area (Å²) in [6.45, 7) is 0.502. The van der Waals surface area contributed by atoms with Crippen molar-refractivity contribution in [1.29, 1.82) is 5.26 Å². The van der Waals surface area contributed by atoms with Gasteiger partial charge in [-0.25, -0.2) is 4.79 Å². The lowest BCUT2D eigenvalue weighted by Gasteiger charge is -2.08. The summed E-state index contributed by atoms with van der Waals surface area (Å²) < 4.78 is 21.0. The topological polar surface area (TPSA) is 77.8 Å². The summed E-state index contributed by atoms with van der Waals surface area (Å²) in [6, 6.07) is 13.6. The lowest BCUT2D eigenvalue weighted by Crippen LogP contribution is -2.12. The highest BCUT2D eigenvalue weighted by Crippen LogP contribution is 2.32. The number of esters is 1. The van der Waals surface area contributed by atoms with Crippen LogP contribution < -0.4 is 14.2 Å². The second kappa shape index (κ2) is 6.71. The highest BCUT2D eigenvalue weighted by atomic mass is 16.7. The van der Waals surface area contributed by atoms with E-state index in [1.165, 1.54) is 0 Å². The fourth-order valence-electron chi connectivity index (χ4n) is 2.03. The first-order valence-electron chi connectivity index (χ1n) is 6.96. The summed E-state index contributed by atoms with van der Waals surface area (Å²) in [5.41, 5.74) is 0.958. The van der Waals surface area contributed by atoms with Gasteiger partial charge in [0.1, 0.15) is 19.0 Å². The summed E-state index contributed by atoms with van der Waals surface area (Å²) >= 11 is 0. The van der Waals surface area contributed by atoms with Gasteiger partial charge in [-0.1, -0.05) is 0 Å². The molecule has 3 rings (SSSR count). The van der Waals surface area contributed by atoms with Gasteiger partial charge in [0, 0.05) is 0 Å². The van der Waals surface area contributed by atoms with Gasteiger partial charge in [0.25, 0.3) is 0 Å². The van der Waals surface area contributed by atoms with E-state index >= 15 is 0 Å². The van der Waals surface area contributed by atoms with Crippen LogP contribution in [-0.4, -0.2) is 26.0 Å². The second-order valence-corrected chi connectivity index (χ2v) is 4.69. The van der Waals surface area contributed by atoms with Gasteiger partial charge < -0.3 is 18.9 Å². The third kappa shape index (κ3) is 3.52. The van der Waals surface area contributed by atoms with Crippen molar-refractivity contribution in [3.63, 3.8) is 0 Å². The van der Waals surface area contributed by atoms with Gasteiger partial charge in [-0.2, -0.15) is 5.26 Å². The van der Waals surface area contributed by atoms with Gasteiger partial charge in [-0.3, -0.25) is 0 Å². The van der Waals surface area contributed by atoms with E-state index in [4.69, 9.17) is 24.2 Å². The number of nitriles is 1. The molecule has 0 amide bonds. The van der Waals surface area contributed by atoms with E-state index in [2.05, 4.69) is 0 Å². The number of ether oxygens (including phenoxy) is 4. The number of carbonyl (C=O) groups excluding carboxylic acids is 1. The van der Waals surface area contributed by atoms with E-state index in [-0.39, 0.29) is 20.0 Å². The van der Waals surface area contributed by atoms with Gasteiger partial charge >= 0.3 is 5.97 Å². The Morgan fingerprint density at radius 3 is 2.65 bits per heavy atom. The van der Waals surface area contributed by atoms with Crippen molar-refractivity contribution >= 4 is 5.97 Å². The average molecular weight is 311 g/mol. The summed E-state index contributed by atoms with van der Waals surface area (Å²) in [5, 5.41) is 8.71. The molecule has 0 spiro atoms. The average Bonchev–Trinajstić information content (AvgIpc) is 3.06. The molecule has 0 saturated carbocycles. The Kier molecular flexibility index (Phi) is 4.29. The molecule has 0 aliphatic carbocycles. The van der Waals surface area contributed by atoms with Crippen molar-refractivity contribution in [2.24, 2.45) is 0 Å². The van der Waals surface area contributed by atoms with Crippen molar-refractivity contribution in [2.75, 3.05) is 20.0 Å². The molecule has 1 heterocycles. The minimum Gasteiger partial charge on any atom is -0.490 e. The van der Waals surface area contributed by atoms with E-state index in [0.29, 0.717) is 28.4 Å². The van der Waals surface area contributed by atoms with Gasteiger partial charge in [0.15, 0.2) is 11.5 Å². The van der Waals surface area contributed by atoms with Crippen LogP contribution in [0.1, 0.15) is 15.9 Å². The molecule has 2 aromatic rings. The van der Waals surface area contributed by atoms with Gasteiger partial charge in [0.05, 0.1) is 17.2 Å². The Labute approximate surface area is 132 Å². The second-order valence-electron chi connectivity index (χ2n) is 4.69. The first-order valence-corrected chi connectivity index (χ1v) is 6.96. The van der Waals surface area contributed by atoms with E-state index in [1.807, 2.05) is 6.07 Å². The molecule has 0 aromatic heterocycles. The summed E-state index contributed by atoms with van der Waals surface area (Å²) in [7, 11) is 0. The molecule has 0 fully saturated rings. The number of hydrogen-bond acceptors (Lipinski definition) is 6. The van der Waals surface area contributed by atoms with Crippen LogP contribution in [-0.2, 0) is 4.74 Å². The molecular weight excluding hydrogens is 298 g/mol. The molecule has 0 saturated heterocycles. The molecule has 0 radical (unpaired) electrons. The largest absolute Gasteiger partial charge is 0.490 e. The number of benzene rings is 2. The predicted octanol–water partition coefficient (Wildman–Crippen LogP) is 2.52. The third-order valence-corrected chi connectivity index (χ3v) is 3.18. The van der Waals surface area contributed by atoms with E-state index < -0.39 is 5.97 Å². The highest BCUT2D eigenvalue weighted by Gasteiger charge is 2.16. The standard InChI is InChI=1S/C17H13NO5/c18-10-12-1-4-14(5-2-12)20-7-8-21-17(19)13-3-6-15-16(9-13)23-11-22-15/h1-6,9H,7-8,11H2. The van der Waals surface area contributed by atoms with Crippen LogP contribution in [0.5, 0.6) is 17.2 Å². The van der Waals surface area contributed by atoms with E-state index in [9.17, 15) is 4.79 Å². The number of rotatable bonds is 5. The van der Waals surface area contributed by atoms with Crippen LogP contribution in [0.3, 0.4) is 0 Å². The van der Waals surface area contributed by atoms with Crippen molar-refractivity contribution < 1.29 is 23.7 Å². The van der Waals surface area contributed by atoms with E-state index in [1.54, 1.807) is 42.5 Å². The first-order chi connectivity index (χ1) is 11.3. The summed E-state index contributed by atoms with van der Waals surface area (Å²) in [5.74, 6) is 1.31. The fraction of sp³-hybridized carbons (Fsp3) is 0.176. The van der Waals surface area contributed by atoms with Crippen molar-refractivity contribution in [2.45, 2.75) is 0 Å². The van der Waals surface area contributed by atoms with Gasteiger partial charge in [0.2, 0.25) is 6.79 Å². The monoisotopic (exact) mass is 311 g/mol. The SMILES string of the molecule is N#Cc1ccc(OCCOC(=O)c2ccc3c(c2)OCO3)cc1. The van der Waals surface area contributed by atoms with Gasteiger partial charge in [-0.15, -0.1) is 0 Å². The number of carbonyl (C=O) groups is 1. The highest BCUT2D eigenvalue weighted by molar-refractivity contribution is 5.90. The maximum atomic E-state index is 11.9. The maximum absolute atomic E-state index is 11.9. The Hall–Kier alpha value is -3.20. The molecule has 0 N–H and O–H groups in total. The summed E-state index contributed by atoms with van der Waals surface area (Å²) in [6.07, 6.45) is 0. The first kappa shape index (κ1) is 14.7. The van der Waals surface area contributed by atoms with Crippen LogP contribution in [0, 0.1) is 11.3 Å². The predicted molar refractivity (Wildman–Crippen MR) is 79.5 cm³/mol. The number of fused-ring (bicyclic) bond motifs is 1. The Morgan fingerprint density at radius 2 is 1.87 bits per heavy atom. The molecular formula is C17H13NO5. The van der Waals surface area contributed by atoms with Crippen molar-refractivity contribution in [3.05, 3.63) is 53.6 Å². The Bertz CT molecular complexity index is 749. The molecule has 116 valence electrons. The molecule has 2 aromatic carbocycles. The summed E-state index contributed by atoms with van der Waals surface area (Å²) in [4.78, 5) is 11.9. The number of hydrogen-bond donors (Lipinski definition) is 0. The van der Waals surface area contributed by atoms with E-state index in [0.717, 1.165) is 0 Å². The lowest BCUT2D eigenvalue weighted by atomic mass is 10.2. The molecule has 1 aliphatic heterocycles. The van der Waals surface area contributed by atoms with Gasteiger partial charge in [-0.05, 0) is 42.5 Å². The molecule has 0 unspecified atom stereocenters. The van der Waals surface area contributed by atoms with Crippen molar-refractivity contribution in [1.82, 2.24) is 0 Å². The molecule has 1 aliphatic rings. The Balaban J connectivity index is 1.46. The maximum Gasteiger partial charge on any atom is 0.338 e. The molecule has 23 heavy (non-hydrogen) atoms. The molecule has 0 bridgehead atoms. The fourth-order valence-corrected chi connectivity index (χ4v) is 2.03. The van der Waals surface area contributed by atoms with Crippen LogP contribution in [0.4, 0.5) is 0 Å². The molecule has 6 heteroatoms. The quantitative estimate of drug-likeness (QED) is 0.623. The lowest BCUT2D eigenvalue weighted by molar-refractivity contribution is 0.0450. The zero-order valence-corrected chi connectivity index (χ0v) is 12.2. The van der Waals surface area contributed by atoms with Crippen LogP contribution in [0.2, 0.25) is 0 Å². The Morgan fingerprint density at radius 1 is 1.09 bits per heavy atom. The minimum absolute atomic E-state index is 0.118. The molecule has 6 nitrogen and oxygen atoms in total. The minimum atomic E-state index is -0.452. The van der Waals surface area contributed by atoms with Crippen LogP contribution in [0.15, 0.2) is 42.5 Å². The van der Waals surface area contributed by atoms with Crippen LogP contribution >= 0.6 is 0 Å². The normalized spacial score (nSPS) is 11.6. The zero-order chi connectivity index (χ0) is 16.1. The van der Waals surface area contributed by atoms with Crippen molar-refractivity contribution in [3.8, 4) is 23.3 Å². The third-order valence-electron chi connectivity index (χ3n) is 3.18. The number of nitrogens with zero attached hydrogens (tertiary/aromatic N) is 1. The molecule has 0 atom stereocenters. The zero-order valence-electron chi connectivity index (χ0n) is 12.2. The smallest absolute Gasteiger partial charge is 0.338 e. The van der Waals surface area contributed by atoms with Crippen LogP contribution in [0.25, 0.3) is 0 Å².